The van der Waals surface area contributed by atoms with Crippen LogP contribution in [0, 0.1) is 0 Å². The van der Waals surface area contributed by atoms with Crippen LogP contribution in [0.1, 0.15) is 19.8 Å². The molecule has 0 aliphatic heterocycles. The van der Waals surface area contributed by atoms with Crippen LogP contribution in [0.15, 0.2) is 23.3 Å². The predicted molar refractivity (Wildman–Crippen MR) is 44.2 cm³/mol. The zero-order chi connectivity index (χ0) is 8.97. The molecular weight excluding hydrogens is 156 g/mol. The summed E-state index contributed by atoms with van der Waals surface area (Å²) in [6.07, 6.45) is 5.37. The summed E-state index contributed by atoms with van der Waals surface area (Å²) >= 11 is 0. The summed E-state index contributed by atoms with van der Waals surface area (Å²) in [5.74, 6) is -0.388. The van der Waals surface area contributed by atoms with Crippen molar-refractivity contribution in [1.82, 2.24) is 0 Å². The van der Waals surface area contributed by atoms with Crippen molar-refractivity contribution in [2.24, 2.45) is 0 Å². The lowest BCUT2D eigenvalue weighted by Gasteiger charge is -2.09. The molecular formula is C9H12O3. The highest BCUT2D eigenvalue weighted by Gasteiger charge is 2.13. The van der Waals surface area contributed by atoms with Gasteiger partial charge in [-0.2, -0.15) is 4.89 Å². The molecule has 1 rings (SSSR count). The maximum absolute atomic E-state index is 11.1. The molecule has 0 unspecified atom stereocenters. The quantitative estimate of drug-likeness (QED) is 0.465. The number of rotatable bonds is 2. The molecule has 0 spiro atoms. The maximum Gasteiger partial charge on any atom is 0.369 e. The third-order valence-corrected chi connectivity index (χ3v) is 1.78. The molecule has 0 bridgehead atoms. The molecule has 0 saturated heterocycles. The van der Waals surface area contributed by atoms with Crippen LogP contribution >= 0.6 is 0 Å². The summed E-state index contributed by atoms with van der Waals surface area (Å²) < 4.78 is 0. The van der Waals surface area contributed by atoms with Gasteiger partial charge in [0.2, 0.25) is 0 Å². The highest BCUT2D eigenvalue weighted by atomic mass is 17.2. The predicted octanol–water partition coefficient (Wildman–Crippen LogP) is 1.76. The Bertz CT molecular complexity index is 238. The van der Waals surface area contributed by atoms with Gasteiger partial charge in [-0.25, -0.2) is 4.79 Å². The SMILES string of the molecule is COOC(=O)C1=CC=C(C)CC1. The van der Waals surface area contributed by atoms with Gasteiger partial charge in [-0.05, 0) is 19.8 Å². The van der Waals surface area contributed by atoms with Gasteiger partial charge in [0.25, 0.3) is 0 Å². The number of carbonyl (C=O) groups excluding carboxylic acids is 1. The van der Waals surface area contributed by atoms with Crippen molar-refractivity contribution < 1.29 is 14.6 Å². The molecule has 1 aliphatic carbocycles. The van der Waals surface area contributed by atoms with Crippen molar-refractivity contribution in [1.29, 1.82) is 0 Å². The molecule has 0 aromatic carbocycles. The van der Waals surface area contributed by atoms with Crippen LogP contribution in [-0.2, 0) is 14.6 Å². The number of carbonyl (C=O) groups is 1. The zero-order valence-electron chi connectivity index (χ0n) is 7.29. The first-order valence-electron chi connectivity index (χ1n) is 3.85. The van der Waals surface area contributed by atoms with Crippen LogP contribution < -0.4 is 0 Å². The Kier molecular flexibility index (Phi) is 3.05. The van der Waals surface area contributed by atoms with Crippen molar-refractivity contribution in [3.63, 3.8) is 0 Å². The van der Waals surface area contributed by atoms with Gasteiger partial charge >= 0.3 is 5.97 Å². The minimum Gasteiger partial charge on any atom is -0.293 e. The molecule has 0 saturated carbocycles. The fraction of sp³-hybridized carbons (Fsp3) is 0.444. The summed E-state index contributed by atoms with van der Waals surface area (Å²) in [4.78, 5) is 19.7. The Morgan fingerprint density at radius 3 is 2.67 bits per heavy atom. The van der Waals surface area contributed by atoms with E-state index in [1.165, 1.54) is 12.7 Å². The van der Waals surface area contributed by atoms with Crippen molar-refractivity contribution >= 4 is 5.97 Å². The lowest BCUT2D eigenvalue weighted by atomic mass is 10.00. The third kappa shape index (κ3) is 2.20. The van der Waals surface area contributed by atoms with Gasteiger partial charge in [0.05, 0.1) is 7.11 Å². The van der Waals surface area contributed by atoms with Crippen molar-refractivity contribution in [2.75, 3.05) is 7.11 Å². The van der Waals surface area contributed by atoms with E-state index in [0.717, 1.165) is 12.8 Å². The van der Waals surface area contributed by atoms with Crippen LogP contribution in [0.4, 0.5) is 0 Å². The number of allylic oxidation sites excluding steroid dienone is 3. The van der Waals surface area contributed by atoms with Crippen molar-refractivity contribution in [3.8, 4) is 0 Å². The number of hydrogen-bond donors (Lipinski definition) is 0. The van der Waals surface area contributed by atoms with Crippen molar-refractivity contribution in [2.45, 2.75) is 19.8 Å². The molecule has 0 N–H and O–H groups in total. The average Bonchev–Trinajstić information content (AvgIpc) is 2.06. The Morgan fingerprint density at radius 2 is 2.17 bits per heavy atom. The van der Waals surface area contributed by atoms with Gasteiger partial charge < -0.3 is 0 Å². The molecule has 0 aromatic heterocycles. The first-order chi connectivity index (χ1) is 5.74. The fourth-order valence-electron chi connectivity index (χ4n) is 1.04. The van der Waals surface area contributed by atoms with Crippen LogP contribution in [0.2, 0.25) is 0 Å². The van der Waals surface area contributed by atoms with E-state index < -0.39 is 0 Å². The van der Waals surface area contributed by atoms with E-state index in [1.54, 1.807) is 6.08 Å². The highest BCUT2D eigenvalue weighted by Crippen LogP contribution is 2.18. The smallest absolute Gasteiger partial charge is 0.293 e. The monoisotopic (exact) mass is 168 g/mol. The Balaban J connectivity index is 2.59. The average molecular weight is 168 g/mol. The highest BCUT2D eigenvalue weighted by molar-refractivity contribution is 5.88. The van der Waals surface area contributed by atoms with E-state index >= 15 is 0 Å². The van der Waals surface area contributed by atoms with E-state index in [4.69, 9.17) is 0 Å². The molecule has 12 heavy (non-hydrogen) atoms. The van der Waals surface area contributed by atoms with E-state index in [2.05, 4.69) is 9.78 Å². The Morgan fingerprint density at radius 1 is 1.42 bits per heavy atom. The van der Waals surface area contributed by atoms with Gasteiger partial charge in [-0.3, -0.25) is 4.89 Å². The van der Waals surface area contributed by atoms with Gasteiger partial charge in [-0.15, -0.1) is 0 Å². The Labute approximate surface area is 71.6 Å². The van der Waals surface area contributed by atoms with Crippen LogP contribution in [0.3, 0.4) is 0 Å². The van der Waals surface area contributed by atoms with Crippen LogP contribution in [0.25, 0.3) is 0 Å². The first-order valence-corrected chi connectivity index (χ1v) is 3.85. The summed E-state index contributed by atoms with van der Waals surface area (Å²) in [7, 11) is 1.32. The van der Waals surface area contributed by atoms with E-state index in [9.17, 15) is 4.79 Å². The van der Waals surface area contributed by atoms with Gasteiger partial charge in [0.1, 0.15) is 0 Å². The molecule has 66 valence electrons. The zero-order valence-corrected chi connectivity index (χ0v) is 7.29. The molecule has 0 aromatic rings. The molecule has 0 amide bonds. The number of hydrogen-bond acceptors (Lipinski definition) is 3. The van der Waals surface area contributed by atoms with E-state index in [0.29, 0.717) is 5.57 Å². The van der Waals surface area contributed by atoms with Gasteiger partial charge in [0.15, 0.2) is 0 Å². The largest absolute Gasteiger partial charge is 0.369 e. The molecule has 0 heterocycles. The first kappa shape index (κ1) is 9.00. The molecule has 3 heteroatoms. The second-order valence-electron chi connectivity index (χ2n) is 2.74. The normalized spacial score (nSPS) is 16.5. The van der Waals surface area contributed by atoms with Crippen molar-refractivity contribution in [3.05, 3.63) is 23.3 Å². The fourth-order valence-corrected chi connectivity index (χ4v) is 1.04. The topological polar surface area (TPSA) is 35.5 Å². The second kappa shape index (κ2) is 4.07. The minimum atomic E-state index is -0.388. The summed E-state index contributed by atoms with van der Waals surface area (Å²) in [5.41, 5.74) is 1.95. The maximum atomic E-state index is 11.1. The van der Waals surface area contributed by atoms with Gasteiger partial charge in [-0.1, -0.05) is 17.7 Å². The molecule has 0 fully saturated rings. The standard InChI is InChI=1S/C9H12O3/c1-7-3-5-8(6-4-7)9(10)12-11-2/h3,5H,4,6H2,1-2H3. The summed E-state index contributed by atoms with van der Waals surface area (Å²) in [5, 5.41) is 0. The third-order valence-electron chi connectivity index (χ3n) is 1.78. The Hall–Kier alpha value is -1.09. The van der Waals surface area contributed by atoms with E-state index in [-0.39, 0.29) is 5.97 Å². The lowest BCUT2D eigenvalue weighted by Crippen LogP contribution is -2.08. The van der Waals surface area contributed by atoms with E-state index in [1.807, 2.05) is 13.0 Å². The minimum absolute atomic E-state index is 0.388. The summed E-state index contributed by atoms with van der Waals surface area (Å²) in [6, 6.07) is 0. The molecule has 3 nitrogen and oxygen atoms in total. The van der Waals surface area contributed by atoms with Gasteiger partial charge in [0, 0.05) is 5.57 Å². The second-order valence-corrected chi connectivity index (χ2v) is 2.74. The van der Waals surface area contributed by atoms with Crippen LogP contribution in [-0.4, -0.2) is 13.1 Å². The molecule has 1 aliphatic rings. The lowest BCUT2D eigenvalue weighted by molar-refractivity contribution is -0.250. The molecule has 0 radical (unpaired) electrons. The molecule has 0 atom stereocenters. The summed E-state index contributed by atoms with van der Waals surface area (Å²) in [6.45, 7) is 2.04. The van der Waals surface area contributed by atoms with Crippen LogP contribution in [0.5, 0.6) is 0 Å².